The molecule has 88 valence electrons. The monoisotopic (exact) mass is 247 g/mol. The first-order valence-electron chi connectivity index (χ1n) is 5.77. The van der Waals surface area contributed by atoms with Gasteiger partial charge in [0.1, 0.15) is 5.82 Å². The molecule has 0 bridgehead atoms. The summed E-state index contributed by atoms with van der Waals surface area (Å²) in [5.74, 6) is 1.000. The molecule has 4 heteroatoms. The maximum Gasteiger partial charge on any atom is 0.125 e. The third kappa shape index (κ3) is 1.91. The molecule has 0 unspecified atom stereocenters. The molecule has 0 fully saturated rings. The Balaban J connectivity index is 1.91. The van der Waals surface area contributed by atoms with Gasteiger partial charge < -0.3 is 9.88 Å². The first-order chi connectivity index (χ1) is 8.24. The fraction of sp³-hybridized carbons (Fsp3) is 0.308. The van der Waals surface area contributed by atoms with E-state index in [2.05, 4.69) is 33.9 Å². The van der Waals surface area contributed by atoms with Crippen molar-refractivity contribution in [1.82, 2.24) is 9.97 Å². The van der Waals surface area contributed by atoms with Gasteiger partial charge >= 0.3 is 0 Å². The fourth-order valence-electron chi connectivity index (χ4n) is 2.45. The maximum absolute atomic E-state index is 6.02. The number of rotatable bonds is 2. The Morgan fingerprint density at radius 2 is 2.41 bits per heavy atom. The second kappa shape index (κ2) is 4.08. The van der Waals surface area contributed by atoms with Crippen LogP contribution >= 0.6 is 11.6 Å². The minimum absolute atomic E-state index is 0.494. The molecule has 0 spiro atoms. The number of aromatic nitrogens is 2. The number of nitrogens with one attached hydrogen (secondary N) is 1. The molecule has 1 aliphatic heterocycles. The average Bonchev–Trinajstić information content (AvgIpc) is 2.88. The Morgan fingerprint density at radius 3 is 3.18 bits per heavy atom. The number of halogens is 1. The number of imidazole rings is 1. The lowest BCUT2D eigenvalue weighted by Crippen LogP contribution is -2.29. The van der Waals surface area contributed by atoms with E-state index in [9.17, 15) is 0 Å². The van der Waals surface area contributed by atoms with Crippen LogP contribution in [-0.4, -0.2) is 16.0 Å². The number of aromatic amines is 1. The number of benzene rings is 1. The molecule has 1 atom stereocenters. The molecule has 2 heterocycles. The maximum atomic E-state index is 6.02. The van der Waals surface area contributed by atoms with E-state index < -0.39 is 0 Å². The summed E-state index contributed by atoms with van der Waals surface area (Å²) in [5.41, 5.74) is 2.61. The quantitative estimate of drug-likeness (QED) is 0.885. The summed E-state index contributed by atoms with van der Waals surface area (Å²) in [6, 6.07) is 6.61. The van der Waals surface area contributed by atoms with Crippen molar-refractivity contribution in [3.8, 4) is 0 Å². The van der Waals surface area contributed by atoms with Crippen LogP contribution in [0.25, 0.3) is 0 Å². The van der Waals surface area contributed by atoms with Gasteiger partial charge in [-0.3, -0.25) is 0 Å². The van der Waals surface area contributed by atoms with Crippen molar-refractivity contribution in [2.75, 3.05) is 4.90 Å². The molecule has 2 aromatic rings. The van der Waals surface area contributed by atoms with Crippen LogP contribution in [-0.2, 0) is 13.0 Å². The number of H-pyrrole nitrogens is 1. The van der Waals surface area contributed by atoms with Gasteiger partial charge in [0.2, 0.25) is 0 Å². The lowest BCUT2D eigenvalue weighted by molar-refractivity contribution is 0.658. The zero-order chi connectivity index (χ0) is 11.8. The van der Waals surface area contributed by atoms with E-state index in [1.807, 2.05) is 12.3 Å². The summed E-state index contributed by atoms with van der Waals surface area (Å²) < 4.78 is 0. The van der Waals surface area contributed by atoms with E-state index in [4.69, 9.17) is 11.6 Å². The van der Waals surface area contributed by atoms with Gasteiger partial charge in [-0.25, -0.2) is 4.98 Å². The molecular weight excluding hydrogens is 234 g/mol. The highest BCUT2D eigenvalue weighted by atomic mass is 35.5. The first kappa shape index (κ1) is 10.7. The Kier molecular flexibility index (Phi) is 2.56. The molecule has 0 saturated carbocycles. The molecule has 1 aromatic heterocycles. The Morgan fingerprint density at radius 1 is 1.53 bits per heavy atom. The van der Waals surface area contributed by atoms with Crippen LogP contribution in [0.3, 0.4) is 0 Å². The molecule has 1 aliphatic rings. The minimum Gasteiger partial charge on any atom is -0.361 e. The van der Waals surface area contributed by atoms with E-state index in [1.54, 1.807) is 6.20 Å². The van der Waals surface area contributed by atoms with Gasteiger partial charge in [-0.05, 0) is 37.1 Å². The van der Waals surface area contributed by atoms with Gasteiger partial charge in [0, 0.05) is 29.1 Å². The smallest absolute Gasteiger partial charge is 0.125 e. The van der Waals surface area contributed by atoms with Crippen LogP contribution in [0.5, 0.6) is 0 Å². The van der Waals surface area contributed by atoms with Crippen molar-refractivity contribution in [2.24, 2.45) is 0 Å². The van der Waals surface area contributed by atoms with Gasteiger partial charge in [0.25, 0.3) is 0 Å². The summed E-state index contributed by atoms with van der Waals surface area (Å²) in [4.78, 5) is 9.79. The molecule has 3 rings (SSSR count). The zero-order valence-electron chi connectivity index (χ0n) is 9.65. The number of nitrogens with zero attached hydrogens (tertiary/aromatic N) is 2. The van der Waals surface area contributed by atoms with Crippen molar-refractivity contribution >= 4 is 17.3 Å². The van der Waals surface area contributed by atoms with E-state index in [-0.39, 0.29) is 0 Å². The zero-order valence-corrected chi connectivity index (χ0v) is 10.4. The molecule has 0 amide bonds. The molecule has 1 aromatic carbocycles. The Bertz CT molecular complexity index is 521. The second-order valence-corrected chi connectivity index (χ2v) is 4.93. The first-order valence-corrected chi connectivity index (χ1v) is 6.15. The van der Waals surface area contributed by atoms with E-state index >= 15 is 0 Å². The van der Waals surface area contributed by atoms with E-state index in [1.165, 1.54) is 11.3 Å². The molecule has 17 heavy (non-hydrogen) atoms. The lowest BCUT2D eigenvalue weighted by Gasteiger charge is -2.23. The van der Waals surface area contributed by atoms with Crippen molar-refractivity contribution in [3.63, 3.8) is 0 Å². The number of anilines is 1. The number of hydrogen-bond acceptors (Lipinski definition) is 2. The van der Waals surface area contributed by atoms with Crippen LogP contribution < -0.4 is 4.90 Å². The molecule has 0 saturated heterocycles. The van der Waals surface area contributed by atoms with E-state index in [0.29, 0.717) is 6.04 Å². The summed E-state index contributed by atoms with van der Waals surface area (Å²) in [6.45, 7) is 3.06. The van der Waals surface area contributed by atoms with Gasteiger partial charge in [0.15, 0.2) is 0 Å². The SMILES string of the molecule is C[C@H]1Cc2cc(Cl)ccc2N1Cc1ncc[nH]1. The Hall–Kier alpha value is -1.48. The summed E-state index contributed by atoms with van der Waals surface area (Å²) in [5, 5.41) is 0.816. The minimum atomic E-state index is 0.494. The van der Waals surface area contributed by atoms with Crippen molar-refractivity contribution < 1.29 is 0 Å². The third-order valence-corrected chi connectivity index (χ3v) is 3.51. The summed E-state index contributed by atoms with van der Waals surface area (Å²) in [7, 11) is 0. The Labute approximate surface area is 105 Å². The topological polar surface area (TPSA) is 31.9 Å². The molecule has 0 aliphatic carbocycles. The molecule has 3 nitrogen and oxygen atoms in total. The standard InChI is InChI=1S/C13H14ClN3/c1-9-6-10-7-11(14)2-3-12(10)17(9)8-13-15-4-5-16-13/h2-5,7,9H,6,8H2,1H3,(H,15,16)/t9-/m0/s1. The lowest BCUT2D eigenvalue weighted by atomic mass is 10.1. The average molecular weight is 248 g/mol. The largest absolute Gasteiger partial charge is 0.361 e. The highest BCUT2D eigenvalue weighted by Crippen LogP contribution is 2.34. The fourth-order valence-corrected chi connectivity index (χ4v) is 2.65. The second-order valence-electron chi connectivity index (χ2n) is 4.49. The third-order valence-electron chi connectivity index (χ3n) is 3.27. The van der Waals surface area contributed by atoms with Gasteiger partial charge in [-0.1, -0.05) is 11.6 Å². The number of hydrogen-bond donors (Lipinski definition) is 1. The van der Waals surface area contributed by atoms with Crippen LogP contribution in [0.4, 0.5) is 5.69 Å². The van der Waals surface area contributed by atoms with Crippen molar-refractivity contribution in [2.45, 2.75) is 25.9 Å². The predicted octanol–water partition coefficient (Wildman–Crippen LogP) is 3.01. The van der Waals surface area contributed by atoms with Gasteiger partial charge in [-0.15, -0.1) is 0 Å². The predicted molar refractivity (Wildman–Crippen MR) is 69.4 cm³/mol. The van der Waals surface area contributed by atoms with Crippen LogP contribution in [0.2, 0.25) is 5.02 Å². The molecule has 1 N–H and O–H groups in total. The van der Waals surface area contributed by atoms with Crippen LogP contribution in [0.15, 0.2) is 30.6 Å². The highest BCUT2D eigenvalue weighted by Gasteiger charge is 2.26. The van der Waals surface area contributed by atoms with Gasteiger partial charge in [-0.2, -0.15) is 0 Å². The molecule has 0 radical (unpaired) electrons. The summed E-state index contributed by atoms with van der Waals surface area (Å²) in [6.07, 6.45) is 4.70. The summed E-state index contributed by atoms with van der Waals surface area (Å²) >= 11 is 6.02. The van der Waals surface area contributed by atoms with Crippen LogP contribution in [0.1, 0.15) is 18.3 Å². The van der Waals surface area contributed by atoms with Gasteiger partial charge in [0.05, 0.1) is 6.54 Å². The molecular formula is C13H14ClN3. The highest BCUT2D eigenvalue weighted by molar-refractivity contribution is 6.30. The van der Waals surface area contributed by atoms with E-state index in [0.717, 1.165) is 23.8 Å². The van der Waals surface area contributed by atoms with Crippen molar-refractivity contribution in [3.05, 3.63) is 47.0 Å². The van der Waals surface area contributed by atoms with Crippen LogP contribution in [0, 0.1) is 0 Å². The normalized spacial score (nSPS) is 18.5. The van der Waals surface area contributed by atoms with Crippen molar-refractivity contribution in [1.29, 1.82) is 0 Å². The number of fused-ring (bicyclic) bond motifs is 1.